The van der Waals surface area contributed by atoms with Crippen LogP contribution in [0.15, 0.2) is 18.2 Å². The second-order valence-electron chi connectivity index (χ2n) is 4.40. The van der Waals surface area contributed by atoms with Crippen LogP contribution in [0.25, 0.3) is 0 Å². The number of ether oxygens (including phenoxy) is 3. The van der Waals surface area contributed by atoms with Crippen molar-refractivity contribution in [2.24, 2.45) is 0 Å². The number of nitrogens with zero attached hydrogens (tertiary/aromatic N) is 2. The summed E-state index contributed by atoms with van der Waals surface area (Å²) in [6.45, 7) is -0.0971. The summed E-state index contributed by atoms with van der Waals surface area (Å²) in [6, 6.07) is 6.55. The monoisotopic (exact) mass is 306 g/mol. The van der Waals surface area contributed by atoms with Crippen LogP contribution in [0.2, 0.25) is 0 Å². The molecule has 1 aromatic rings. The third kappa shape index (κ3) is 4.98. The minimum atomic E-state index is -0.653. The van der Waals surface area contributed by atoms with E-state index < -0.39 is 5.97 Å². The Balaban J connectivity index is 2.66. The highest BCUT2D eigenvalue weighted by atomic mass is 16.5. The normalized spacial score (nSPS) is 9.55. The fourth-order valence-corrected chi connectivity index (χ4v) is 1.59. The molecule has 0 atom stereocenters. The molecule has 1 rings (SSSR count). The Labute approximate surface area is 129 Å². The first-order valence-electron chi connectivity index (χ1n) is 6.53. The Morgan fingerprint density at radius 2 is 1.77 bits per heavy atom. The minimum absolute atomic E-state index is 0.225. The van der Waals surface area contributed by atoms with Crippen molar-refractivity contribution in [2.75, 3.05) is 34.4 Å². The molecule has 0 heterocycles. The first-order valence-corrected chi connectivity index (χ1v) is 6.53. The minimum Gasteiger partial charge on any atom is -0.497 e. The lowest BCUT2D eigenvalue weighted by atomic mass is 10.2. The molecular weight excluding hydrogens is 288 g/mol. The van der Waals surface area contributed by atoms with E-state index in [2.05, 4.69) is 0 Å². The third-order valence-corrected chi connectivity index (χ3v) is 2.90. The highest BCUT2D eigenvalue weighted by Crippen LogP contribution is 2.22. The van der Waals surface area contributed by atoms with Crippen LogP contribution in [0.1, 0.15) is 16.8 Å². The zero-order valence-electron chi connectivity index (χ0n) is 12.8. The van der Waals surface area contributed by atoms with E-state index in [1.165, 1.54) is 31.3 Å². The van der Waals surface area contributed by atoms with Crippen LogP contribution in [0, 0.1) is 11.3 Å². The molecule has 0 spiro atoms. The molecule has 0 aliphatic carbocycles. The summed E-state index contributed by atoms with van der Waals surface area (Å²) in [5.74, 6) is -0.134. The van der Waals surface area contributed by atoms with Crippen LogP contribution in [-0.4, -0.2) is 51.2 Å². The number of amides is 1. The molecule has 118 valence electrons. The van der Waals surface area contributed by atoms with E-state index in [1.807, 2.05) is 6.07 Å². The van der Waals surface area contributed by atoms with Crippen molar-refractivity contribution in [3.05, 3.63) is 23.8 Å². The fraction of sp³-hybridized carbons (Fsp3) is 0.400. The van der Waals surface area contributed by atoms with Crippen LogP contribution in [-0.2, 0) is 9.53 Å². The number of methoxy groups -OCH3 is 2. The van der Waals surface area contributed by atoms with Gasteiger partial charge in [0.1, 0.15) is 11.5 Å². The lowest BCUT2D eigenvalue weighted by Gasteiger charge is -2.15. The van der Waals surface area contributed by atoms with Crippen molar-refractivity contribution in [1.29, 1.82) is 5.26 Å². The Hall–Kier alpha value is -2.75. The van der Waals surface area contributed by atoms with Crippen molar-refractivity contribution in [1.82, 2.24) is 4.90 Å². The molecule has 22 heavy (non-hydrogen) atoms. The van der Waals surface area contributed by atoms with Gasteiger partial charge in [-0.05, 0) is 12.1 Å². The van der Waals surface area contributed by atoms with Crippen LogP contribution in [0.5, 0.6) is 11.5 Å². The van der Waals surface area contributed by atoms with Crippen molar-refractivity contribution in [3.8, 4) is 17.6 Å². The predicted molar refractivity (Wildman–Crippen MR) is 77.7 cm³/mol. The number of esters is 1. The summed E-state index contributed by atoms with van der Waals surface area (Å²) in [5.41, 5.74) is 0.226. The summed E-state index contributed by atoms with van der Waals surface area (Å²) in [6.07, 6.45) is 0.225. The Kier molecular flexibility index (Phi) is 6.70. The van der Waals surface area contributed by atoms with E-state index in [1.54, 1.807) is 13.1 Å². The van der Waals surface area contributed by atoms with Gasteiger partial charge in [0.05, 0.1) is 32.3 Å². The average molecular weight is 306 g/mol. The Bertz CT molecular complexity index is 558. The first-order chi connectivity index (χ1) is 10.5. The molecular formula is C15H18N2O5. The van der Waals surface area contributed by atoms with Gasteiger partial charge in [0.15, 0.2) is 6.61 Å². The van der Waals surface area contributed by atoms with Crippen molar-refractivity contribution >= 4 is 11.9 Å². The van der Waals surface area contributed by atoms with E-state index in [0.717, 1.165) is 0 Å². The van der Waals surface area contributed by atoms with Gasteiger partial charge in [0, 0.05) is 19.7 Å². The first kappa shape index (κ1) is 17.3. The topological polar surface area (TPSA) is 88.9 Å². The van der Waals surface area contributed by atoms with Crippen LogP contribution in [0.3, 0.4) is 0 Å². The van der Waals surface area contributed by atoms with E-state index in [-0.39, 0.29) is 24.5 Å². The standard InChI is InChI=1S/C15H18N2O5/c1-17(6-4-5-16)14(18)10-22-15(19)11-7-12(20-2)9-13(8-11)21-3/h7-9H,4,6,10H2,1-3H3. The molecule has 7 nitrogen and oxygen atoms in total. The summed E-state index contributed by atoms with van der Waals surface area (Å²) in [7, 11) is 4.48. The SMILES string of the molecule is COc1cc(OC)cc(C(=O)OCC(=O)N(C)CCC#N)c1. The van der Waals surface area contributed by atoms with Gasteiger partial charge >= 0.3 is 5.97 Å². The smallest absolute Gasteiger partial charge is 0.338 e. The summed E-state index contributed by atoms with van der Waals surface area (Å²) in [5, 5.41) is 8.47. The number of nitriles is 1. The maximum atomic E-state index is 12.0. The molecule has 0 fully saturated rings. The molecule has 0 saturated heterocycles. The summed E-state index contributed by atoms with van der Waals surface area (Å²) < 4.78 is 15.1. The highest BCUT2D eigenvalue weighted by Gasteiger charge is 2.15. The molecule has 0 saturated carbocycles. The molecule has 0 unspecified atom stereocenters. The molecule has 0 N–H and O–H groups in total. The summed E-state index contributed by atoms with van der Waals surface area (Å²) in [4.78, 5) is 25.0. The van der Waals surface area contributed by atoms with Crippen LogP contribution < -0.4 is 9.47 Å². The molecule has 0 aromatic heterocycles. The quantitative estimate of drug-likeness (QED) is 0.704. The highest BCUT2D eigenvalue weighted by molar-refractivity contribution is 5.92. The van der Waals surface area contributed by atoms with E-state index >= 15 is 0 Å². The van der Waals surface area contributed by atoms with Gasteiger partial charge < -0.3 is 19.1 Å². The fourth-order valence-electron chi connectivity index (χ4n) is 1.59. The van der Waals surface area contributed by atoms with Gasteiger partial charge in [0.2, 0.25) is 0 Å². The zero-order valence-corrected chi connectivity index (χ0v) is 12.8. The number of carbonyl (C=O) groups excluding carboxylic acids is 2. The number of carbonyl (C=O) groups is 2. The number of rotatable bonds is 7. The molecule has 0 radical (unpaired) electrons. The van der Waals surface area contributed by atoms with Gasteiger partial charge in [-0.2, -0.15) is 5.26 Å². The lowest BCUT2D eigenvalue weighted by molar-refractivity contribution is -0.133. The maximum Gasteiger partial charge on any atom is 0.338 e. The average Bonchev–Trinajstić information content (AvgIpc) is 2.56. The Morgan fingerprint density at radius 1 is 1.18 bits per heavy atom. The molecule has 0 bridgehead atoms. The number of hydrogen-bond acceptors (Lipinski definition) is 6. The lowest BCUT2D eigenvalue weighted by Crippen LogP contribution is -2.31. The van der Waals surface area contributed by atoms with Gasteiger partial charge in [-0.15, -0.1) is 0 Å². The molecule has 1 aromatic carbocycles. The van der Waals surface area contributed by atoms with E-state index in [4.69, 9.17) is 19.5 Å². The van der Waals surface area contributed by atoms with Gasteiger partial charge in [-0.25, -0.2) is 4.79 Å². The largest absolute Gasteiger partial charge is 0.497 e. The van der Waals surface area contributed by atoms with Gasteiger partial charge in [-0.1, -0.05) is 0 Å². The van der Waals surface area contributed by atoms with Crippen molar-refractivity contribution in [3.63, 3.8) is 0 Å². The molecule has 7 heteroatoms. The number of benzene rings is 1. The Morgan fingerprint density at radius 3 is 2.27 bits per heavy atom. The molecule has 1 amide bonds. The van der Waals surface area contributed by atoms with Crippen molar-refractivity contribution in [2.45, 2.75) is 6.42 Å². The zero-order chi connectivity index (χ0) is 16.5. The third-order valence-electron chi connectivity index (χ3n) is 2.90. The van der Waals surface area contributed by atoms with Crippen LogP contribution in [0.4, 0.5) is 0 Å². The molecule has 0 aliphatic rings. The molecule has 0 aliphatic heterocycles. The second kappa shape index (κ2) is 8.52. The maximum absolute atomic E-state index is 12.0. The second-order valence-corrected chi connectivity index (χ2v) is 4.40. The number of likely N-dealkylation sites (N-methyl/N-ethyl adjacent to an activating group) is 1. The van der Waals surface area contributed by atoms with Crippen molar-refractivity contribution < 1.29 is 23.8 Å². The van der Waals surface area contributed by atoms with Crippen LogP contribution >= 0.6 is 0 Å². The predicted octanol–water partition coefficient (Wildman–Crippen LogP) is 1.23. The van der Waals surface area contributed by atoms with Gasteiger partial charge in [-0.3, -0.25) is 4.79 Å². The number of hydrogen-bond donors (Lipinski definition) is 0. The van der Waals surface area contributed by atoms with Gasteiger partial charge in [0.25, 0.3) is 5.91 Å². The van der Waals surface area contributed by atoms with E-state index in [9.17, 15) is 9.59 Å². The summed E-state index contributed by atoms with van der Waals surface area (Å²) >= 11 is 0. The van der Waals surface area contributed by atoms with E-state index in [0.29, 0.717) is 18.0 Å².